The van der Waals surface area contributed by atoms with Crippen molar-refractivity contribution in [3.05, 3.63) is 63.8 Å². The van der Waals surface area contributed by atoms with Crippen LogP contribution in [0.2, 0.25) is 0 Å². The van der Waals surface area contributed by atoms with Crippen molar-refractivity contribution in [2.75, 3.05) is 0 Å². The number of alkyl halides is 8. The topological polar surface area (TPSA) is 56.6 Å². The summed E-state index contributed by atoms with van der Waals surface area (Å²) in [7, 11) is 0. The monoisotopic (exact) mass is 451 g/mol. The second-order valence-electron chi connectivity index (χ2n) is 6.35. The lowest BCUT2D eigenvalue weighted by molar-refractivity contribution is -0.287. The van der Waals surface area contributed by atoms with E-state index in [1.165, 1.54) is 6.07 Å². The van der Waals surface area contributed by atoms with Gasteiger partial charge < -0.3 is 4.85 Å². The third-order valence-corrected chi connectivity index (χ3v) is 4.12. The molecule has 0 aliphatic carbocycles. The van der Waals surface area contributed by atoms with Crippen LogP contribution in [0.4, 0.5) is 35.1 Å². The Kier molecular flexibility index (Phi) is 5.24. The van der Waals surface area contributed by atoms with E-state index in [1.807, 2.05) is 0 Å². The molecule has 0 bridgehead atoms. The Morgan fingerprint density at radius 1 is 1.10 bits per heavy atom. The van der Waals surface area contributed by atoms with Gasteiger partial charge in [0.2, 0.25) is 6.54 Å². The van der Waals surface area contributed by atoms with Gasteiger partial charge in [-0.2, -0.15) is 40.2 Å². The first-order chi connectivity index (χ1) is 14.2. The molecule has 3 aromatic rings. The summed E-state index contributed by atoms with van der Waals surface area (Å²) in [5.74, 6) is -5.20. The Morgan fingerprint density at radius 2 is 1.77 bits per heavy atom. The quantitative estimate of drug-likeness (QED) is 0.442. The van der Waals surface area contributed by atoms with Gasteiger partial charge in [-0.15, -0.1) is 0 Å². The molecule has 0 saturated heterocycles. The molecule has 0 unspecified atom stereocenters. The summed E-state index contributed by atoms with van der Waals surface area (Å²) in [6.45, 7) is 4.65. The average Bonchev–Trinajstić information content (AvgIpc) is 3.07. The smallest absolute Gasteiger partial charge is 0.312 e. The molecular formula is C17H9F8N5O. The second-order valence-corrected chi connectivity index (χ2v) is 6.35. The Labute approximate surface area is 167 Å². The molecule has 164 valence electrons. The van der Waals surface area contributed by atoms with Crippen molar-refractivity contribution >= 4 is 5.65 Å². The highest BCUT2D eigenvalue weighted by atomic mass is 19.4. The molecule has 0 aromatic carbocycles. The van der Waals surface area contributed by atoms with Crippen molar-refractivity contribution in [1.29, 1.82) is 0 Å². The number of nitrogens with zero attached hydrogens (tertiary/aromatic N) is 5. The van der Waals surface area contributed by atoms with E-state index >= 15 is 0 Å². The highest BCUT2D eigenvalue weighted by Crippen LogP contribution is 2.37. The molecular weight excluding hydrogens is 442 g/mol. The fraction of sp³-hybridized carbons (Fsp3) is 0.294. The molecule has 0 fully saturated rings. The Bertz CT molecular complexity index is 1230. The first-order valence-electron chi connectivity index (χ1n) is 8.17. The van der Waals surface area contributed by atoms with Crippen LogP contribution in [0.25, 0.3) is 21.6 Å². The second kappa shape index (κ2) is 7.33. The molecule has 3 heterocycles. The molecule has 0 spiro atoms. The zero-order valence-electron chi connectivity index (χ0n) is 15.0. The average molecular weight is 451 g/mol. The van der Waals surface area contributed by atoms with Crippen molar-refractivity contribution in [3.63, 3.8) is 0 Å². The van der Waals surface area contributed by atoms with Gasteiger partial charge >= 0.3 is 18.3 Å². The Morgan fingerprint density at radius 3 is 2.35 bits per heavy atom. The van der Waals surface area contributed by atoms with E-state index in [0.29, 0.717) is 18.0 Å². The third-order valence-electron chi connectivity index (χ3n) is 4.12. The molecule has 0 amide bonds. The van der Waals surface area contributed by atoms with Gasteiger partial charge in [-0.3, -0.25) is 13.9 Å². The summed E-state index contributed by atoms with van der Waals surface area (Å²) in [6, 6.07) is 2.41. The Balaban J connectivity index is 2.17. The van der Waals surface area contributed by atoms with Gasteiger partial charge in [0.15, 0.2) is 5.69 Å². The summed E-state index contributed by atoms with van der Waals surface area (Å²) in [5, 5.41) is 3.23. The number of hydrogen-bond donors (Lipinski definition) is 0. The first kappa shape index (κ1) is 22.2. The highest BCUT2D eigenvalue weighted by molar-refractivity contribution is 5.66. The number of halogens is 8. The van der Waals surface area contributed by atoms with Gasteiger partial charge in [0.05, 0.1) is 11.8 Å². The van der Waals surface area contributed by atoms with Crippen molar-refractivity contribution in [2.24, 2.45) is 0 Å². The number of fused-ring (bicyclic) bond motifs is 1. The fourth-order valence-electron chi connectivity index (χ4n) is 2.71. The molecule has 0 aliphatic rings. The van der Waals surface area contributed by atoms with Gasteiger partial charge in [-0.25, -0.2) is 11.6 Å². The highest BCUT2D eigenvalue weighted by Gasteiger charge is 2.57. The molecule has 6 nitrogen and oxygen atoms in total. The van der Waals surface area contributed by atoms with Gasteiger partial charge in [0, 0.05) is 23.5 Å². The van der Waals surface area contributed by atoms with E-state index in [1.54, 1.807) is 0 Å². The van der Waals surface area contributed by atoms with Gasteiger partial charge in [-0.1, -0.05) is 0 Å². The van der Waals surface area contributed by atoms with E-state index in [2.05, 4.69) is 14.9 Å². The largest absolute Gasteiger partial charge is 0.455 e. The zero-order valence-corrected chi connectivity index (χ0v) is 15.0. The van der Waals surface area contributed by atoms with E-state index in [4.69, 9.17) is 6.57 Å². The molecule has 0 aliphatic heterocycles. The van der Waals surface area contributed by atoms with Crippen LogP contribution in [0.1, 0.15) is 11.3 Å². The van der Waals surface area contributed by atoms with E-state index in [0.717, 1.165) is 16.7 Å². The molecule has 0 N–H and O–H groups in total. The number of aromatic nitrogens is 4. The molecule has 31 heavy (non-hydrogen) atoms. The normalized spacial score (nSPS) is 12.9. The van der Waals surface area contributed by atoms with Gasteiger partial charge in [0.1, 0.15) is 12.2 Å². The molecule has 3 aromatic heterocycles. The van der Waals surface area contributed by atoms with Crippen LogP contribution in [-0.2, 0) is 19.3 Å². The number of rotatable bonds is 4. The van der Waals surface area contributed by atoms with E-state index < -0.39 is 52.8 Å². The minimum absolute atomic E-state index is 0.0934. The molecule has 14 heteroatoms. The zero-order chi connectivity index (χ0) is 23.2. The summed E-state index contributed by atoms with van der Waals surface area (Å²) in [5.41, 5.74) is -4.73. The molecule has 0 radical (unpaired) electrons. The van der Waals surface area contributed by atoms with Crippen molar-refractivity contribution in [3.8, 4) is 11.1 Å². The SMILES string of the molecule is [C-]#[N+]Cc1ccn2c(=O)c(-c3cnn(CC(F)(F)C(F)(F)F)c3)c(C(F)(F)F)nc2c1. The molecule has 0 atom stereocenters. The predicted molar refractivity (Wildman–Crippen MR) is 89.0 cm³/mol. The number of hydrogen-bond acceptors (Lipinski definition) is 3. The van der Waals surface area contributed by atoms with Crippen LogP contribution < -0.4 is 5.56 Å². The first-order valence-corrected chi connectivity index (χ1v) is 8.17. The van der Waals surface area contributed by atoms with Crippen molar-refractivity contribution in [1.82, 2.24) is 19.2 Å². The standard InChI is InChI=1S/C17H9F8N5O/c1-26-5-9-2-3-30-11(4-9)28-13(16(20,21)22)12(14(30)31)10-6-27-29(7-10)8-15(18,19)17(23,24)25/h2-4,6-7H,5,8H2. The van der Waals surface area contributed by atoms with Crippen LogP contribution in [-0.4, -0.2) is 31.3 Å². The lowest BCUT2D eigenvalue weighted by Crippen LogP contribution is -2.40. The Hall–Kier alpha value is -3.50. The maximum absolute atomic E-state index is 13.6. The minimum Gasteiger partial charge on any atom is -0.312 e. The summed E-state index contributed by atoms with van der Waals surface area (Å²) in [4.78, 5) is 19.2. The maximum atomic E-state index is 13.6. The summed E-state index contributed by atoms with van der Waals surface area (Å²) in [6.07, 6.45) is -8.93. The van der Waals surface area contributed by atoms with E-state index in [-0.39, 0.29) is 11.2 Å². The van der Waals surface area contributed by atoms with Crippen molar-refractivity contribution < 1.29 is 35.1 Å². The van der Waals surface area contributed by atoms with Crippen LogP contribution in [0, 0.1) is 6.57 Å². The van der Waals surface area contributed by atoms with E-state index in [9.17, 15) is 39.9 Å². The third kappa shape index (κ3) is 4.21. The van der Waals surface area contributed by atoms with Gasteiger partial charge in [0.25, 0.3) is 5.56 Å². The van der Waals surface area contributed by atoms with Crippen LogP contribution in [0.3, 0.4) is 0 Å². The van der Waals surface area contributed by atoms with Crippen LogP contribution in [0.5, 0.6) is 0 Å². The predicted octanol–water partition coefficient (Wildman–Crippen LogP) is 4.19. The lowest BCUT2D eigenvalue weighted by atomic mass is 10.1. The molecule has 0 saturated carbocycles. The molecule has 3 rings (SSSR count). The fourth-order valence-corrected chi connectivity index (χ4v) is 2.71. The van der Waals surface area contributed by atoms with Gasteiger partial charge in [-0.05, 0) is 12.1 Å². The van der Waals surface area contributed by atoms with Crippen LogP contribution in [0.15, 0.2) is 35.5 Å². The lowest BCUT2D eigenvalue weighted by Gasteiger charge is -2.19. The number of pyridine rings is 1. The summed E-state index contributed by atoms with van der Waals surface area (Å²) >= 11 is 0. The minimum atomic E-state index is -5.90. The summed E-state index contributed by atoms with van der Waals surface area (Å²) < 4.78 is 105. The van der Waals surface area contributed by atoms with Crippen molar-refractivity contribution in [2.45, 2.75) is 31.4 Å². The van der Waals surface area contributed by atoms with Crippen LogP contribution >= 0.6 is 0 Å². The maximum Gasteiger partial charge on any atom is 0.455 e.